The topological polar surface area (TPSA) is 0 Å². The van der Waals surface area contributed by atoms with Crippen molar-refractivity contribution in [1.29, 1.82) is 0 Å². The predicted molar refractivity (Wildman–Crippen MR) is 117 cm³/mol. The smallest absolute Gasteiger partial charge is 0.103 e. The zero-order valence-electron chi connectivity index (χ0n) is 16.3. The van der Waals surface area contributed by atoms with Gasteiger partial charge in [-0.3, -0.25) is 0 Å². The molecule has 1 aliphatic rings. The van der Waals surface area contributed by atoms with Crippen LogP contribution in [0.15, 0.2) is 92.3 Å². The molecule has 0 bridgehead atoms. The van der Waals surface area contributed by atoms with Crippen molar-refractivity contribution in [3.8, 4) is 0 Å². The number of rotatable bonds is 6. The maximum absolute atomic E-state index is 4.00. The summed E-state index contributed by atoms with van der Waals surface area (Å²) in [5.41, 5.74) is 0.446. The van der Waals surface area contributed by atoms with Crippen LogP contribution in [0.2, 0.25) is 0 Å². The van der Waals surface area contributed by atoms with Gasteiger partial charge in [-0.1, -0.05) is 69.8 Å². The molecule has 0 saturated carbocycles. The van der Waals surface area contributed by atoms with Gasteiger partial charge in [0.15, 0.2) is 9.79 Å². The monoisotopic (exact) mass is 381 g/mol. The molecule has 3 rings (SSSR count). The Hall–Kier alpha value is -1.38. The second-order valence-electron chi connectivity index (χ2n) is 8.44. The third kappa shape index (κ3) is 4.47. The van der Waals surface area contributed by atoms with Crippen LogP contribution in [0, 0.1) is 10.8 Å². The minimum absolute atomic E-state index is 0.0243. The van der Waals surface area contributed by atoms with Crippen molar-refractivity contribution in [2.45, 2.75) is 60.1 Å². The molecule has 0 N–H and O–H groups in total. The van der Waals surface area contributed by atoms with E-state index < -0.39 is 0 Å². The number of hydrogen-bond acceptors (Lipinski definition) is 1. The summed E-state index contributed by atoms with van der Waals surface area (Å²) < 4.78 is 0. The van der Waals surface area contributed by atoms with Crippen molar-refractivity contribution in [3.05, 3.63) is 72.7 Å². The Morgan fingerprint density at radius 3 is 2.00 bits per heavy atom. The van der Waals surface area contributed by atoms with Crippen molar-refractivity contribution in [2.75, 3.05) is 0 Å². The van der Waals surface area contributed by atoms with E-state index in [1.54, 1.807) is 0 Å². The Kier molecular flexibility index (Phi) is 5.74. The first-order valence-electron chi connectivity index (χ1n) is 9.21. The van der Waals surface area contributed by atoms with Crippen LogP contribution in [0.1, 0.15) is 40.5 Å². The Labute approximate surface area is 166 Å². The maximum atomic E-state index is 4.00. The standard InChI is InChI=1S/C24H29S2/c1-6-23(2,3)18-24(4,5)16-11-17-26-21-14-9-7-12-19(21)25-20-13-8-10-15-22(20)26/h6-15,17H,1,16,18H2,2-5H3/q+1/b17-11+. The molecule has 0 atom stereocenters. The number of fused-ring (bicyclic) bond motifs is 2. The molecule has 0 spiro atoms. The van der Waals surface area contributed by atoms with Gasteiger partial charge in [-0.05, 0) is 54.0 Å². The minimum Gasteiger partial charge on any atom is -0.103 e. The van der Waals surface area contributed by atoms with Gasteiger partial charge in [-0.15, -0.1) is 6.58 Å². The highest BCUT2D eigenvalue weighted by atomic mass is 32.2. The fourth-order valence-electron chi connectivity index (χ4n) is 3.66. The second-order valence-corrected chi connectivity index (χ2v) is 11.4. The molecule has 0 amide bonds. The first-order chi connectivity index (χ1) is 12.3. The average molecular weight is 382 g/mol. The van der Waals surface area contributed by atoms with Gasteiger partial charge in [0.25, 0.3) is 0 Å². The Morgan fingerprint density at radius 2 is 1.46 bits per heavy atom. The number of hydrogen-bond donors (Lipinski definition) is 0. The van der Waals surface area contributed by atoms with Crippen LogP contribution in [-0.2, 0) is 10.9 Å². The molecule has 2 aromatic rings. The lowest BCUT2D eigenvalue weighted by Gasteiger charge is -2.32. The second kappa shape index (κ2) is 7.70. The van der Waals surface area contributed by atoms with Crippen molar-refractivity contribution < 1.29 is 0 Å². The maximum Gasteiger partial charge on any atom is 0.179 e. The summed E-state index contributed by atoms with van der Waals surface area (Å²) >= 11 is 1.90. The van der Waals surface area contributed by atoms with Crippen LogP contribution in [0.5, 0.6) is 0 Å². The molecule has 0 nitrogen and oxygen atoms in total. The summed E-state index contributed by atoms with van der Waals surface area (Å²) in [5.74, 6) is 0. The lowest BCUT2D eigenvalue weighted by atomic mass is 9.73. The highest BCUT2D eigenvalue weighted by Gasteiger charge is 2.34. The zero-order valence-corrected chi connectivity index (χ0v) is 17.9. The van der Waals surface area contributed by atoms with Gasteiger partial charge >= 0.3 is 0 Å². The van der Waals surface area contributed by atoms with Crippen LogP contribution < -0.4 is 0 Å². The normalized spacial score (nSPS) is 14.9. The molecule has 2 heteroatoms. The Bertz CT molecular complexity index is 769. The van der Waals surface area contributed by atoms with Crippen molar-refractivity contribution >= 4 is 22.7 Å². The summed E-state index contributed by atoms with van der Waals surface area (Å²) in [6.07, 6.45) is 6.73. The van der Waals surface area contributed by atoms with E-state index in [0.29, 0.717) is 0 Å². The van der Waals surface area contributed by atoms with Crippen molar-refractivity contribution in [1.82, 2.24) is 0 Å². The van der Waals surface area contributed by atoms with Gasteiger partial charge in [0.2, 0.25) is 0 Å². The first kappa shape index (κ1) is 19.4. The van der Waals surface area contributed by atoms with Crippen molar-refractivity contribution in [3.63, 3.8) is 0 Å². The van der Waals surface area contributed by atoms with E-state index in [9.17, 15) is 0 Å². The fraction of sp³-hybridized carbons (Fsp3) is 0.333. The van der Waals surface area contributed by atoms with Gasteiger partial charge in [-0.2, -0.15) is 0 Å². The Balaban J connectivity index is 1.83. The molecule has 0 aromatic heterocycles. The largest absolute Gasteiger partial charge is 0.179 e. The molecule has 1 aliphatic heterocycles. The summed E-state index contributed by atoms with van der Waals surface area (Å²) in [6, 6.07) is 17.7. The van der Waals surface area contributed by atoms with Crippen LogP contribution in [0.25, 0.3) is 0 Å². The summed E-state index contributed by atoms with van der Waals surface area (Å²) in [6.45, 7) is 13.3. The molecule has 1 heterocycles. The highest BCUT2D eigenvalue weighted by Crippen LogP contribution is 2.46. The quantitative estimate of drug-likeness (QED) is 0.364. The first-order valence-corrected chi connectivity index (χ1v) is 11.3. The van der Waals surface area contributed by atoms with Gasteiger partial charge in [-0.25, -0.2) is 0 Å². The summed E-state index contributed by atoms with van der Waals surface area (Å²) in [7, 11) is 0.0243. The van der Waals surface area contributed by atoms with Gasteiger partial charge in [0.1, 0.15) is 5.41 Å². The molecule has 2 aromatic carbocycles. The van der Waals surface area contributed by atoms with Gasteiger partial charge < -0.3 is 0 Å². The molecule has 0 radical (unpaired) electrons. The van der Waals surface area contributed by atoms with Crippen LogP contribution in [0.3, 0.4) is 0 Å². The third-order valence-electron chi connectivity index (χ3n) is 4.78. The molecule has 0 saturated heterocycles. The molecule has 0 unspecified atom stereocenters. The number of allylic oxidation sites excluding steroid dienone is 2. The van der Waals surface area contributed by atoms with E-state index in [-0.39, 0.29) is 21.7 Å². The van der Waals surface area contributed by atoms with E-state index >= 15 is 0 Å². The predicted octanol–water partition coefficient (Wildman–Crippen LogP) is 7.72. The van der Waals surface area contributed by atoms with Crippen molar-refractivity contribution in [2.24, 2.45) is 10.8 Å². The van der Waals surface area contributed by atoms with E-state index in [1.165, 1.54) is 19.6 Å². The van der Waals surface area contributed by atoms with Crippen LogP contribution >= 0.6 is 11.8 Å². The summed E-state index contributed by atoms with van der Waals surface area (Å²) in [5, 5.41) is 2.44. The zero-order chi connectivity index (χ0) is 18.8. The molecule has 26 heavy (non-hydrogen) atoms. The molecule has 0 aliphatic carbocycles. The van der Waals surface area contributed by atoms with E-state index in [0.717, 1.165) is 12.8 Å². The van der Waals surface area contributed by atoms with Gasteiger partial charge in [0.05, 0.1) is 20.7 Å². The average Bonchev–Trinajstić information content (AvgIpc) is 2.60. The molecule has 136 valence electrons. The molecular weight excluding hydrogens is 352 g/mol. The Morgan fingerprint density at radius 1 is 0.923 bits per heavy atom. The van der Waals surface area contributed by atoms with Gasteiger partial charge in [0, 0.05) is 0 Å². The van der Waals surface area contributed by atoms with Crippen LogP contribution in [0.4, 0.5) is 0 Å². The van der Waals surface area contributed by atoms with Crippen LogP contribution in [-0.4, -0.2) is 0 Å². The summed E-state index contributed by atoms with van der Waals surface area (Å²) in [4.78, 5) is 5.70. The van der Waals surface area contributed by atoms with E-state index in [4.69, 9.17) is 0 Å². The van der Waals surface area contributed by atoms with E-state index in [2.05, 4.69) is 100 Å². The lowest BCUT2D eigenvalue weighted by Crippen LogP contribution is -2.21. The molecular formula is C24H29S2+. The van der Waals surface area contributed by atoms with E-state index in [1.807, 2.05) is 11.8 Å². The fourth-order valence-corrected chi connectivity index (χ4v) is 7.15. The third-order valence-corrected chi connectivity index (χ3v) is 8.32. The SMILES string of the molecule is C=CC(C)(C)CC(C)(C)C/C=C/[S+]1c2ccccc2Sc2ccccc21. The lowest BCUT2D eigenvalue weighted by molar-refractivity contribution is 0.240. The highest BCUT2D eigenvalue weighted by molar-refractivity contribution is 8.05. The molecule has 0 fully saturated rings. The minimum atomic E-state index is 0.0243. The number of benzene rings is 2.